The molecule has 0 saturated carbocycles. The number of esters is 1. The predicted molar refractivity (Wildman–Crippen MR) is 125 cm³/mol. The Balaban J connectivity index is 1.47. The highest BCUT2D eigenvalue weighted by Gasteiger charge is 2.30. The molecule has 1 saturated heterocycles. The van der Waals surface area contributed by atoms with Gasteiger partial charge in [0.15, 0.2) is 4.34 Å². The lowest BCUT2D eigenvalue weighted by Crippen LogP contribution is -2.40. The van der Waals surface area contributed by atoms with Gasteiger partial charge in [-0.1, -0.05) is 53.4 Å². The van der Waals surface area contributed by atoms with Gasteiger partial charge in [0.05, 0.1) is 12.4 Å². The summed E-state index contributed by atoms with van der Waals surface area (Å²) in [5.74, 6) is -0.722. The van der Waals surface area contributed by atoms with E-state index in [9.17, 15) is 18.0 Å². The zero-order valence-electron chi connectivity index (χ0n) is 17.5. The molecule has 1 aliphatic heterocycles. The lowest BCUT2D eigenvalue weighted by molar-refractivity contribution is -0.139. The number of hydrogen-bond donors (Lipinski definition) is 1. The monoisotopic (exact) mass is 496 g/mol. The summed E-state index contributed by atoms with van der Waals surface area (Å²) >= 11 is 2.38. The molecule has 2 heterocycles. The quantitative estimate of drug-likeness (QED) is 0.320. The number of carbonyl (C=O) groups excluding carboxylic acids is 2. The first-order chi connectivity index (χ1) is 15.4. The molecule has 0 radical (unpaired) electrons. The van der Waals surface area contributed by atoms with E-state index in [-0.39, 0.29) is 36.6 Å². The van der Waals surface area contributed by atoms with Crippen molar-refractivity contribution >= 4 is 56.2 Å². The predicted octanol–water partition coefficient (Wildman–Crippen LogP) is 2.84. The van der Waals surface area contributed by atoms with Crippen LogP contribution in [0, 0.1) is 5.92 Å². The molecule has 1 N–H and O–H groups in total. The molecule has 0 bridgehead atoms. The second kappa shape index (κ2) is 11.5. The van der Waals surface area contributed by atoms with Crippen molar-refractivity contribution in [2.45, 2.75) is 24.1 Å². The Bertz CT molecular complexity index is 1050. The average Bonchev–Trinajstić information content (AvgIpc) is 3.24. The van der Waals surface area contributed by atoms with Crippen molar-refractivity contribution in [1.82, 2.24) is 14.5 Å². The Kier molecular flexibility index (Phi) is 8.79. The van der Waals surface area contributed by atoms with Crippen LogP contribution in [0.25, 0.3) is 6.08 Å². The number of nitrogens with zero attached hydrogens (tertiary/aromatic N) is 3. The molecule has 1 fully saturated rings. The first kappa shape index (κ1) is 24.4. The highest BCUT2D eigenvalue weighted by molar-refractivity contribution is 8.01. The number of benzene rings is 1. The van der Waals surface area contributed by atoms with E-state index in [0.717, 1.165) is 5.56 Å². The van der Waals surface area contributed by atoms with Crippen LogP contribution in [0.3, 0.4) is 0 Å². The van der Waals surface area contributed by atoms with Crippen molar-refractivity contribution in [3.8, 4) is 0 Å². The molecule has 172 valence electrons. The highest BCUT2D eigenvalue weighted by Crippen LogP contribution is 2.27. The topological polar surface area (TPSA) is 119 Å². The fourth-order valence-electron chi connectivity index (χ4n) is 3.04. The summed E-state index contributed by atoms with van der Waals surface area (Å²) in [7, 11) is -3.54. The number of thioether (sulfide) groups is 1. The van der Waals surface area contributed by atoms with Gasteiger partial charge in [0.2, 0.25) is 21.1 Å². The first-order valence-corrected chi connectivity index (χ1v) is 13.3. The summed E-state index contributed by atoms with van der Waals surface area (Å²) in [6, 6.07) is 9.22. The van der Waals surface area contributed by atoms with E-state index in [2.05, 4.69) is 15.5 Å². The van der Waals surface area contributed by atoms with Crippen LogP contribution < -0.4 is 5.32 Å². The number of ether oxygens (including phenoxy) is 1. The van der Waals surface area contributed by atoms with Gasteiger partial charge in [-0.3, -0.25) is 9.59 Å². The van der Waals surface area contributed by atoms with Gasteiger partial charge in [-0.05, 0) is 31.4 Å². The second-order valence-corrected chi connectivity index (χ2v) is 10.9. The van der Waals surface area contributed by atoms with Crippen molar-refractivity contribution in [2.24, 2.45) is 5.92 Å². The summed E-state index contributed by atoms with van der Waals surface area (Å²) in [4.78, 5) is 24.0. The standard InChI is InChI=1S/C20H24N4O5S3/c1-2-29-17(25)14-30-20-23-22-19(31-20)21-18(26)16-8-11-24(12-9-16)32(27,28)13-10-15-6-4-3-5-7-15/h3-7,10,13,16H,2,8-9,11-12,14H2,1H3,(H,21,22,26)/b13-10+. The number of aromatic nitrogens is 2. The maximum absolute atomic E-state index is 12.6. The zero-order valence-corrected chi connectivity index (χ0v) is 19.9. The minimum Gasteiger partial charge on any atom is -0.465 e. The number of sulfonamides is 1. The fourth-order valence-corrected chi connectivity index (χ4v) is 5.81. The van der Waals surface area contributed by atoms with Crippen LogP contribution in [0.4, 0.5) is 5.13 Å². The number of amides is 1. The molecule has 9 nitrogen and oxygen atoms in total. The van der Waals surface area contributed by atoms with Crippen molar-refractivity contribution in [3.05, 3.63) is 41.3 Å². The van der Waals surface area contributed by atoms with Crippen LogP contribution in [0.2, 0.25) is 0 Å². The van der Waals surface area contributed by atoms with Gasteiger partial charge in [0, 0.05) is 24.4 Å². The Morgan fingerprint density at radius 2 is 1.97 bits per heavy atom. The highest BCUT2D eigenvalue weighted by atomic mass is 32.2. The molecule has 12 heteroatoms. The van der Waals surface area contributed by atoms with E-state index >= 15 is 0 Å². The van der Waals surface area contributed by atoms with Crippen LogP contribution in [0.15, 0.2) is 40.1 Å². The first-order valence-electron chi connectivity index (χ1n) is 10.0. The van der Waals surface area contributed by atoms with E-state index in [1.807, 2.05) is 30.3 Å². The molecule has 1 aromatic heterocycles. The van der Waals surface area contributed by atoms with E-state index in [1.165, 1.54) is 32.8 Å². The maximum Gasteiger partial charge on any atom is 0.316 e. The Morgan fingerprint density at radius 3 is 2.66 bits per heavy atom. The van der Waals surface area contributed by atoms with Crippen LogP contribution in [-0.4, -0.2) is 60.2 Å². The van der Waals surface area contributed by atoms with E-state index in [4.69, 9.17) is 4.74 Å². The molecular formula is C20H24N4O5S3. The Labute approximate surface area is 195 Å². The largest absolute Gasteiger partial charge is 0.465 e. The smallest absolute Gasteiger partial charge is 0.316 e. The molecule has 2 aromatic rings. The molecule has 0 aliphatic carbocycles. The van der Waals surface area contributed by atoms with Gasteiger partial charge < -0.3 is 10.1 Å². The van der Waals surface area contributed by atoms with Gasteiger partial charge in [-0.25, -0.2) is 8.42 Å². The van der Waals surface area contributed by atoms with Crippen molar-refractivity contribution in [1.29, 1.82) is 0 Å². The van der Waals surface area contributed by atoms with Crippen molar-refractivity contribution in [2.75, 3.05) is 30.8 Å². The van der Waals surface area contributed by atoms with Gasteiger partial charge in [-0.15, -0.1) is 10.2 Å². The summed E-state index contributed by atoms with van der Waals surface area (Å²) in [5.41, 5.74) is 0.808. The normalized spacial score (nSPS) is 15.7. The van der Waals surface area contributed by atoms with Crippen LogP contribution in [-0.2, 0) is 24.3 Å². The van der Waals surface area contributed by atoms with Crippen LogP contribution in [0.1, 0.15) is 25.3 Å². The summed E-state index contributed by atoms with van der Waals surface area (Å²) in [5, 5.41) is 12.2. The van der Waals surface area contributed by atoms with Crippen molar-refractivity contribution in [3.63, 3.8) is 0 Å². The summed E-state index contributed by atoms with van der Waals surface area (Å²) in [6.45, 7) is 2.61. The number of carbonyl (C=O) groups is 2. The number of rotatable bonds is 9. The van der Waals surface area contributed by atoms with Crippen molar-refractivity contribution < 1.29 is 22.7 Å². The van der Waals surface area contributed by atoms with Gasteiger partial charge in [0.1, 0.15) is 0 Å². The molecule has 0 unspecified atom stereocenters. The molecular weight excluding hydrogens is 472 g/mol. The minimum atomic E-state index is -3.54. The summed E-state index contributed by atoms with van der Waals surface area (Å²) < 4.78 is 31.9. The molecule has 0 spiro atoms. The van der Waals surface area contributed by atoms with Crippen LogP contribution >= 0.6 is 23.1 Å². The lowest BCUT2D eigenvalue weighted by atomic mass is 9.97. The maximum atomic E-state index is 12.6. The third-order valence-electron chi connectivity index (χ3n) is 4.67. The number of anilines is 1. The second-order valence-electron chi connectivity index (χ2n) is 6.89. The van der Waals surface area contributed by atoms with E-state index < -0.39 is 10.0 Å². The van der Waals surface area contributed by atoms with Gasteiger partial charge in [0.25, 0.3) is 0 Å². The van der Waals surface area contributed by atoms with Gasteiger partial charge >= 0.3 is 5.97 Å². The Morgan fingerprint density at radius 1 is 1.25 bits per heavy atom. The fraction of sp³-hybridized carbons (Fsp3) is 0.400. The zero-order chi connectivity index (χ0) is 23.0. The Hall–Kier alpha value is -2.28. The average molecular weight is 497 g/mol. The SMILES string of the molecule is CCOC(=O)CSc1nnc(NC(=O)C2CCN(S(=O)(=O)/C=C/c3ccccc3)CC2)s1. The number of nitrogens with one attached hydrogen (secondary N) is 1. The number of hydrogen-bond acceptors (Lipinski definition) is 9. The third kappa shape index (κ3) is 7.12. The molecule has 3 rings (SSSR count). The van der Waals surface area contributed by atoms with Gasteiger partial charge in [-0.2, -0.15) is 4.31 Å². The van der Waals surface area contributed by atoms with E-state index in [0.29, 0.717) is 28.9 Å². The van der Waals surface area contributed by atoms with Crippen LogP contribution in [0.5, 0.6) is 0 Å². The number of piperidine rings is 1. The lowest BCUT2D eigenvalue weighted by Gasteiger charge is -2.29. The molecule has 1 amide bonds. The molecule has 32 heavy (non-hydrogen) atoms. The molecule has 1 aliphatic rings. The summed E-state index contributed by atoms with van der Waals surface area (Å²) in [6.07, 6.45) is 2.42. The molecule has 0 atom stereocenters. The third-order valence-corrected chi connectivity index (χ3v) is 8.18. The van der Waals surface area contributed by atoms with E-state index in [1.54, 1.807) is 13.0 Å². The minimum absolute atomic E-state index is 0.127. The molecule has 1 aromatic carbocycles.